The van der Waals surface area contributed by atoms with Gasteiger partial charge in [0.25, 0.3) is 0 Å². The molecule has 0 aromatic heterocycles. The summed E-state index contributed by atoms with van der Waals surface area (Å²) < 4.78 is 0. The summed E-state index contributed by atoms with van der Waals surface area (Å²) in [6.07, 6.45) is 4.25. The SMILES string of the molecule is CC1CCC(NC(=O)NC(=O)CCl)CC1. The van der Waals surface area contributed by atoms with Gasteiger partial charge in [-0.3, -0.25) is 10.1 Å². The maximum Gasteiger partial charge on any atom is 0.321 e. The number of urea groups is 1. The van der Waals surface area contributed by atoms with Gasteiger partial charge in [-0.1, -0.05) is 6.92 Å². The fraction of sp³-hybridized carbons (Fsp3) is 0.800. The van der Waals surface area contributed by atoms with Crippen molar-refractivity contribution in [2.45, 2.75) is 38.6 Å². The van der Waals surface area contributed by atoms with E-state index >= 15 is 0 Å². The number of rotatable bonds is 2. The third-order valence-electron chi connectivity index (χ3n) is 2.73. The zero-order valence-corrected chi connectivity index (χ0v) is 9.64. The van der Waals surface area contributed by atoms with Crippen molar-refractivity contribution in [1.29, 1.82) is 0 Å². The summed E-state index contributed by atoms with van der Waals surface area (Å²) in [6.45, 7) is 2.22. The Morgan fingerprint density at radius 1 is 1.27 bits per heavy atom. The van der Waals surface area contributed by atoms with Crippen LogP contribution in [0.25, 0.3) is 0 Å². The highest BCUT2D eigenvalue weighted by Gasteiger charge is 2.20. The number of hydrogen-bond donors (Lipinski definition) is 2. The van der Waals surface area contributed by atoms with Gasteiger partial charge in [0.15, 0.2) is 0 Å². The molecule has 15 heavy (non-hydrogen) atoms. The van der Waals surface area contributed by atoms with E-state index < -0.39 is 11.9 Å². The minimum atomic E-state index is -0.460. The first-order valence-electron chi connectivity index (χ1n) is 5.28. The van der Waals surface area contributed by atoms with Crippen LogP contribution < -0.4 is 10.6 Å². The average Bonchev–Trinajstić information content (AvgIpc) is 2.21. The maximum atomic E-state index is 11.3. The Hall–Kier alpha value is -0.770. The molecule has 1 aliphatic carbocycles. The lowest BCUT2D eigenvalue weighted by molar-refractivity contribution is -0.117. The molecule has 0 aromatic carbocycles. The van der Waals surface area contributed by atoms with Gasteiger partial charge in [-0.05, 0) is 31.6 Å². The standard InChI is InChI=1S/C10H17ClN2O2/c1-7-2-4-8(5-3-7)12-10(15)13-9(14)6-11/h7-8H,2-6H2,1H3,(H2,12,13,14,15). The second-order valence-electron chi connectivity index (χ2n) is 4.11. The first-order valence-corrected chi connectivity index (χ1v) is 5.81. The van der Waals surface area contributed by atoms with E-state index in [-0.39, 0.29) is 11.9 Å². The van der Waals surface area contributed by atoms with E-state index in [1.54, 1.807) is 0 Å². The molecular formula is C10H17ClN2O2. The van der Waals surface area contributed by atoms with E-state index in [1.807, 2.05) is 0 Å². The summed E-state index contributed by atoms with van der Waals surface area (Å²) in [6, 6.07) is -0.232. The van der Waals surface area contributed by atoms with Gasteiger partial charge in [-0.2, -0.15) is 0 Å². The molecule has 5 heteroatoms. The summed E-state index contributed by atoms with van der Waals surface area (Å²) in [5.41, 5.74) is 0. The topological polar surface area (TPSA) is 58.2 Å². The number of carbonyl (C=O) groups excluding carboxylic acids is 2. The smallest absolute Gasteiger partial charge is 0.321 e. The second-order valence-corrected chi connectivity index (χ2v) is 4.38. The Kier molecular flexibility index (Phi) is 4.88. The predicted molar refractivity (Wildman–Crippen MR) is 58.8 cm³/mol. The quantitative estimate of drug-likeness (QED) is 0.711. The molecule has 1 fully saturated rings. The fourth-order valence-electron chi connectivity index (χ4n) is 1.79. The van der Waals surface area contributed by atoms with Crippen molar-refractivity contribution in [2.24, 2.45) is 5.92 Å². The van der Waals surface area contributed by atoms with Crippen LogP contribution in [0.1, 0.15) is 32.6 Å². The van der Waals surface area contributed by atoms with Crippen LogP contribution in [0.4, 0.5) is 4.79 Å². The van der Waals surface area contributed by atoms with Gasteiger partial charge < -0.3 is 5.32 Å². The number of amides is 3. The number of imide groups is 1. The lowest BCUT2D eigenvalue weighted by Crippen LogP contribution is -2.46. The van der Waals surface area contributed by atoms with Crippen LogP contribution in [-0.2, 0) is 4.79 Å². The molecule has 0 saturated heterocycles. The number of halogens is 1. The zero-order valence-electron chi connectivity index (χ0n) is 8.88. The van der Waals surface area contributed by atoms with E-state index in [0.29, 0.717) is 0 Å². The van der Waals surface area contributed by atoms with Crippen molar-refractivity contribution in [1.82, 2.24) is 10.6 Å². The van der Waals surface area contributed by atoms with Gasteiger partial charge in [-0.25, -0.2) is 4.79 Å². The van der Waals surface area contributed by atoms with Gasteiger partial charge >= 0.3 is 6.03 Å². The van der Waals surface area contributed by atoms with Crippen LogP contribution in [0.5, 0.6) is 0 Å². The van der Waals surface area contributed by atoms with Crippen molar-refractivity contribution in [3.63, 3.8) is 0 Å². The van der Waals surface area contributed by atoms with Crippen LogP contribution >= 0.6 is 11.6 Å². The summed E-state index contributed by atoms with van der Waals surface area (Å²) in [5, 5.41) is 4.94. The van der Waals surface area contributed by atoms with Gasteiger partial charge in [0.05, 0.1) is 0 Å². The minimum Gasteiger partial charge on any atom is -0.335 e. The fourth-order valence-corrected chi connectivity index (χ4v) is 1.85. The minimum absolute atomic E-state index is 0.185. The van der Waals surface area contributed by atoms with Crippen molar-refractivity contribution in [2.75, 3.05) is 5.88 Å². The predicted octanol–water partition coefficient (Wildman–Crippen LogP) is 1.63. The van der Waals surface area contributed by atoms with E-state index in [4.69, 9.17) is 11.6 Å². The first kappa shape index (κ1) is 12.3. The molecular weight excluding hydrogens is 216 g/mol. The highest BCUT2D eigenvalue weighted by molar-refractivity contribution is 6.28. The van der Waals surface area contributed by atoms with Crippen molar-refractivity contribution in [3.05, 3.63) is 0 Å². The Labute approximate surface area is 94.7 Å². The molecule has 0 bridgehead atoms. The van der Waals surface area contributed by atoms with Crippen LogP contribution in [-0.4, -0.2) is 23.9 Å². The van der Waals surface area contributed by atoms with Crippen LogP contribution in [0, 0.1) is 5.92 Å². The molecule has 2 N–H and O–H groups in total. The van der Waals surface area contributed by atoms with Crippen LogP contribution in [0.15, 0.2) is 0 Å². The lowest BCUT2D eigenvalue weighted by atomic mass is 9.87. The number of alkyl halides is 1. The monoisotopic (exact) mass is 232 g/mol. The lowest BCUT2D eigenvalue weighted by Gasteiger charge is -2.26. The highest BCUT2D eigenvalue weighted by Crippen LogP contribution is 2.23. The Bertz CT molecular complexity index is 238. The van der Waals surface area contributed by atoms with Gasteiger partial charge in [0, 0.05) is 6.04 Å². The molecule has 1 rings (SSSR count). The third kappa shape index (κ3) is 4.51. The van der Waals surface area contributed by atoms with Crippen molar-refractivity contribution < 1.29 is 9.59 Å². The molecule has 3 amide bonds. The summed E-state index contributed by atoms with van der Waals surface area (Å²) in [7, 11) is 0. The van der Waals surface area contributed by atoms with Crippen LogP contribution in [0.3, 0.4) is 0 Å². The molecule has 0 heterocycles. The molecule has 0 aliphatic heterocycles. The van der Waals surface area contributed by atoms with Crippen molar-refractivity contribution >= 4 is 23.5 Å². The third-order valence-corrected chi connectivity index (χ3v) is 2.97. The molecule has 0 atom stereocenters. The molecule has 1 saturated carbocycles. The Morgan fingerprint density at radius 2 is 1.87 bits per heavy atom. The molecule has 86 valence electrons. The maximum absolute atomic E-state index is 11.3. The molecule has 1 aliphatic rings. The van der Waals surface area contributed by atoms with Gasteiger partial charge in [-0.15, -0.1) is 11.6 Å². The van der Waals surface area contributed by atoms with E-state index in [1.165, 1.54) is 0 Å². The highest BCUT2D eigenvalue weighted by atomic mass is 35.5. The van der Waals surface area contributed by atoms with E-state index in [9.17, 15) is 9.59 Å². The molecule has 0 spiro atoms. The van der Waals surface area contributed by atoms with E-state index in [2.05, 4.69) is 17.6 Å². The number of hydrogen-bond acceptors (Lipinski definition) is 2. The summed E-state index contributed by atoms with van der Waals surface area (Å²) in [4.78, 5) is 22.1. The first-order chi connectivity index (χ1) is 7.11. The molecule has 4 nitrogen and oxygen atoms in total. The molecule has 0 radical (unpaired) electrons. The van der Waals surface area contributed by atoms with Gasteiger partial charge in [0.1, 0.15) is 5.88 Å². The number of carbonyl (C=O) groups is 2. The Balaban J connectivity index is 2.23. The Morgan fingerprint density at radius 3 is 2.40 bits per heavy atom. The van der Waals surface area contributed by atoms with E-state index in [0.717, 1.165) is 31.6 Å². The zero-order chi connectivity index (χ0) is 11.3. The van der Waals surface area contributed by atoms with Crippen molar-refractivity contribution in [3.8, 4) is 0 Å². The summed E-state index contributed by atoms with van der Waals surface area (Å²) in [5.74, 6) is 0.101. The summed E-state index contributed by atoms with van der Waals surface area (Å²) >= 11 is 5.27. The largest absolute Gasteiger partial charge is 0.335 e. The van der Waals surface area contributed by atoms with Gasteiger partial charge in [0.2, 0.25) is 5.91 Å². The normalized spacial score (nSPS) is 25.7. The average molecular weight is 233 g/mol. The molecule has 0 aromatic rings. The molecule has 0 unspecified atom stereocenters. The number of nitrogens with one attached hydrogen (secondary N) is 2. The van der Waals surface area contributed by atoms with Crippen LogP contribution in [0.2, 0.25) is 0 Å². The second kappa shape index (κ2) is 5.95.